The van der Waals surface area contributed by atoms with E-state index in [4.69, 9.17) is 14.6 Å². The first kappa shape index (κ1) is 19.1. The molecule has 1 unspecified atom stereocenters. The number of aliphatic carboxylic acids is 1. The molecule has 4 rings (SSSR count). The number of hydrogen-bond donors (Lipinski definition) is 2. The van der Waals surface area contributed by atoms with Crippen molar-refractivity contribution in [2.75, 3.05) is 7.11 Å². The van der Waals surface area contributed by atoms with Gasteiger partial charge in [0.15, 0.2) is 0 Å². The zero-order chi connectivity index (χ0) is 20.4. The average molecular weight is 413 g/mol. The van der Waals surface area contributed by atoms with Crippen LogP contribution in [0.3, 0.4) is 0 Å². The van der Waals surface area contributed by atoms with Crippen molar-refractivity contribution in [3.63, 3.8) is 0 Å². The Kier molecular flexibility index (Phi) is 5.30. The molecule has 29 heavy (non-hydrogen) atoms. The number of para-hydroxylation sites is 1. The number of carbonyl (C=O) groups excluding carboxylic acids is 1. The van der Waals surface area contributed by atoms with Crippen LogP contribution >= 0.6 is 11.8 Å². The SMILES string of the molecule is COC(=O)C1=CNC(C(=O)O)=CSC1Cc1cc2n(n1)Cc1ccccc1OC2. The Balaban J connectivity index is 1.58. The van der Waals surface area contributed by atoms with E-state index in [-0.39, 0.29) is 10.9 Å². The van der Waals surface area contributed by atoms with E-state index < -0.39 is 11.9 Å². The van der Waals surface area contributed by atoms with Gasteiger partial charge in [-0.15, -0.1) is 11.8 Å². The number of thioether (sulfide) groups is 1. The maximum atomic E-state index is 12.2. The van der Waals surface area contributed by atoms with Crippen LogP contribution in [-0.4, -0.2) is 39.2 Å². The van der Waals surface area contributed by atoms with Crippen LogP contribution in [0.2, 0.25) is 0 Å². The molecule has 0 fully saturated rings. The Bertz CT molecular complexity index is 1030. The first-order chi connectivity index (χ1) is 14.0. The van der Waals surface area contributed by atoms with Crippen molar-refractivity contribution in [2.45, 2.75) is 24.8 Å². The molecule has 0 spiro atoms. The van der Waals surface area contributed by atoms with Crippen molar-refractivity contribution in [3.05, 3.63) is 70.2 Å². The predicted molar refractivity (Wildman–Crippen MR) is 106 cm³/mol. The molecule has 2 N–H and O–H groups in total. The van der Waals surface area contributed by atoms with E-state index in [0.717, 1.165) is 22.7 Å². The Morgan fingerprint density at radius 1 is 1.41 bits per heavy atom. The van der Waals surface area contributed by atoms with Crippen LogP contribution in [0.25, 0.3) is 0 Å². The van der Waals surface area contributed by atoms with Crippen molar-refractivity contribution >= 4 is 23.7 Å². The van der Waals surface area contributed by atoms with Crippen molar-refractivity contribution in [3.8, 4) is 5.75 Å². The van der Waals surface area contributed by atoms with Crippen molar-refractivity contribution in [1.82, 2.24) is 15.1 Å². The van der Waals surface area contributed by atoms with Gasteiger partial charge >= 0.3 is 11.9 Å². The van der Waals surface area contributed by atoms with Crippen LogP contribution in [0.4, 0.5) is 0 Å². The lowest BCUT2D eigenvalue weighted by molar-refractivity contribution is -0.136. The quantitative estimate of drug-likeness (QED) is 0.735. The van der Waals surface area contributed by atoms with Gasteiger partial charge in [0.25, 0.3) is 0 Å². The number of rotatable bonds is 4. The molecule has 150 valence electrons. The molecule has 0 radical (unpaired) electrons. The number of carbonyl (C=O) groups is 2. The minimum absolute atomic E-state index is 0.00420. The number of aromatic nitrogens is 2. The molecule has 0 amide bonds. The number of esters is 1. The molecule has 1 atom stereocenters. The molecule has 1 aromatic heterocycles. The fourth-order valence-corrected chi connectivity index (χ4v) is 4.28. The fourth-order valence-electron chi connectivity index (χ4n) is 3.23. The zero-order valence-electron chi connectivity index (χ0n) is 15.6. The number of fused-ring (bicyclic) bond motifs is 2. The van der Waals surface area contributed by atoms with E-state index in [1.807, 2.05) is 35.0 Å². The van der Waals surface area contributed by atoms with Crippen LogP contribution in [-0.2, 0) is 33.9 Å². The van der Waals surface area contributed by atoms with E-state index >= 15 is 0 Å². The number of nitrogens with one attached hydrogen (secondary N) is 1. The van der Waals surface area contributed by atoms with Crippen molar-refractivity contribution in [2.24, 2.45) is 0 Å². The van der Waals surface area contributed by atoms with E-state index in [2.05, 4.69) is 5.32 Å². The monoisotopic (exact) mass is 413 g/mol. The van der Waals surface area contributed by atoms with Gasteiger partial charge in [0.05, 0.1) is 30.6 Å². The molecule has 0 saturated carbocycles. The molecule has 0 aliphatic carbocycles. The van der Waals surface area contributed by atoms with Gasteiger partial charge in [-0.2, -0.15) is 5.10 Å². The molecule has 2 aliphatic rings. The van der Waals surface area contributed by atoms with Crippen LogP contribution in [0, 0.1) is 0 Å². The number of methoxy groups -OCH3 is 1. The van der Waals surface area contributed by atoms with Crippen LogP contribution in [0.15, 0.2) is 53.2 Å². The molecule has 1 aromatic carbocycles. The van der Waals surface area contributed by atoms with Gasteiger partial charge in [-0.05, 0) is 12.1 Å². The molecule has 3 heterocycles. The highest BCUT2D eigenvalue weighted by Crippen LogP contribution is 2.30. The maximum Gasteiger partial charge on any atom is 0.352 e. The number of carboxylic acid groups (broad SMARTS) is 1. The van der Waals surface area contributed by atoms with Gasteiger partial charge in [-0.25, -0.2) is 9.59 Å². The third-order valence-corrected chi connectivity index (χ3v) is 5.83. The Labute approximate surface area is 171 Å². The summed E-state index contributed by atoms with van der Waals surface area (Å²) in [4.78, 5) is 23.5. The largest absolute Gasteiger partial charge is 0.487 e. The second-order valence-corrected chi connectivity index (χ2v) is 7.66. The van der Waals surface area contributed by atoms with Crippen LogP contribution < -0.4 is 10.1 Å². The third-order valence-electron chi connectivity index (χ3n) is 4.71. The predicted octanol–water partition coefficient (Wildman–Crippen LogP) is 2.05. The minimum atomic E-state index is -1.09. The highest BCUT2D eigenvalue weighted by molar-refractivity contribution is 8.03. The molecule has 8 nitrogen and oxygen atoms in total. The van der Waals surface area contributed by atoms with Gasteiger partial charge in [0.1, 0.15) is 18.1 Å². The number of ether oxygens (including phenoxy) is 2. The molecule has 2 aromatic rings. The standard InChI is InChI=1S/C20H19N3O5S/c1-27-20(26)15-8-21-16(19(24)25)11-29-18(15)7-13-6-14-10-28-17-5-3-2-4-12(17)9-23(14)22-13/h2-6,8,11,18,21H,7,9-10H2,1H3,(H,24,25). The second kappa shape index (κ2) is 8.04. The van der Waals surface area contributed by atoms with Gasteiger partial charge in [0, 0.05) is 28.8 Å². The molecule has 0 bridgehead atoms. The third kappa shape index (κ3) is 4.00. The maximum absolute atomic E-state index is 12.2. The summed E-state index contributed by atoms with van der Waals surface area (Å²) in [6.45, 7) is 1.01. The highest BCUT2D eigenvalue weighted by atomic mass is 32.2. The van der Waals surface area contributed by atoms with E-state index in [1.165, 1.54) is 30.5 Å². The smallest absolute Gasteiger partial charge is 0.352 e. The lowest BCUT2D eigenvalue weighted by Gasteiger charge is -2.14. The van der Waals surface area contributed by atoms with Gasteiger partial charge < -0.3 is 19.9 Å². The van der Waals surface area contributed by atoms with E-state index in [0.29, 0.717) is 25.1 Å². The average Bonchev–Trinajstić information content (AvgIpc) is 2.87. The normalized spacial score (nSPS) is 17.9. The molecule has 0 saturated heterocycles. The van der Waals surface area contributed by atoms with Crippen LogP contribution in [0.1, 0.15) is 17.0 Å². The first-order valence-electron chi connectivity index (χ1n) is 8.95. The number of nitrogens with zero attached hydrogens (tertiary/aromatic N) is 2. The Hall–Kier alpha value is -3.20. The molecular formula is C20H19N3O5S. The second-order valence-electron chi connectivity index (χ2n) is 6.58. The fraction of sp³-hybridized carbons (Fsp3) is 0.250. The Morgan fingerprint density at radius 2 is 2.24 bits per heavy atom. The summed E-state index contributed by atoms with van der Waals surface area (Å²) in [5, 5.41) is 17.7. The van der Waals surface area contributed by atoms with E-state index in [1.54, 1.807) is 0 Å². The lowest BCUT2D eigenvalue weighted by Crippen LogP contribution is -2.21. The summed E-state index contributed by atoms with van der Waals surface area (Å²) in [7, 11) is 1.30. The molecule has 9 heteroatoms. The number of carboxylic acids is 1. The summed E-state index contributed by atoms with van der Waals surface area (Å²) < 4.78 is 12.7. The number of hydrogen-bond acceptors (Lipinski definition) is 7. The summed E-state index contributed by atoms with van der Waals surface area (Å²) in [6.07, 6.45) is 1.84. The summed E-state index contributed by atoms with van der Waals surface area (Å²) in [5.74, 6) is -0.747. The van der Waals surface area contributed by atoms with E-state index in [9.17, 15) is 14.7 Å². The topological polar surface area (TPSA) is 103 Å². The molecular weight excluding hydrogens is 394 g/mol. The summed E-state index contributed by atoms with van der Waals surface area (Å²) in [6, 6.07) is 9.82. The summed E-state index contributed by atoms with van der Waals surface area (Å²) >= 11 is 1.25. The summed E-state index contributed by atoms with van der Waals surface area (Å²) in [5.41, 5.74) is 3.15. The minimum Gasteiger partial charge on any atom is -0.487 e. The van der Waals surface area contributed by atoms with Crippen molar-refractivity contribution in [1.29, 1.82) is 0 Å². The van der Waals surface area contributed by atoms with Crippen molar-refractivity contribution < 1.29 is 24.2 Å². The molecule has 2 aliphatic heterocycles. The van der Waals surface area contributed by atoms with Crippen LogP contribution in [0.5, 0.6) is 5.75 Å². The number of benzene rings is 1. The lowest BCUT2D eigenvalue weighted by atomic mass is 10.1. The Morgan fingerprint density at radius 3 is 3.03 bits per heavy atom. The van der Waals surface area contributed by atoms with Gasteiger partial charge in [-0.1, -0.05) is 18.2 Å². The zero-order valence-corrected chi connectivity index (χ0v) is 16.4. The first-order valence-corrected chi connectivity index (χ1v) is 9.89. The highest BCUT2D eigenvalue weighted by Gasteiger charge is 2.27. The van der Waals surface area contributed by atoms with Gasteiger partial charge in [-0.3, -0.25) is 4.68 Å². The van der Waals surface area contributed by atoms with Gasteiger partial charge in [0.2, 0.25) is 0 Å².